The molecule has 0 radical (unpaired) electrons. The minimum Gasteiger partial charge on any atom is -0.361 e. The van der Waals surface area contributed by atoms with Gasteiger partial charge >= 0.3 is 0 Å². The van der Waals surface area contributed by atoms with Crippen LogP contribution in [-0.2, 0) is 6.42 Å². The van der Waals surface area contributed by atoms with E-state index in [-0.39, 0.29) is 18.2 Å². The minimum atomic E-state index is -0.154. The molecule has 0 saturated carbocycles. The van der Waals surface area contributed by atoms with Gasteiger partial charge in [0.2, 0.25) is 0 Å². The molecule has 2 nitrogen and oxygen atoms in total. The van der Waals surface area contributed by atoms with Gasteiger partial charge in [0.25, 0.3) is 0 Å². The number of likely N-dealkylation sites (tertiary alicyclic amines) is 1. The molecule has 0 atom stereocenters. The van der Waals surface area contributed by atoms with Crippen LogP contribution >= 0.6 is 12.4 Å². The number of aromatic nitrogens is 1. The van der Waals surface area contributed by atoms with Gasteiger partial charge in [-0.3, -0.25) is 0 Å². The highest BCUT2D eigenvalue weighted by Gasteiger charge is 2.22. The van der Waals surface area contributed by atoms with E-state index in [0.717, 1.165) is 26.1 Å². The van der Waals surface area contributed by atoms with Crippen LogP contribution in [-0.4, -0.2) is 29.5 Å². The summed E-state index contributed by atoms with van der Waals surface area (Å²) in [6.07, 6.45) is 5.62. The van der Waals surface area contributed by atoms with Crippen LogP contribution < -0.4 is 0 Å². The lowest BCUT2D eigenvalue weighted by atomic mass is 9.89. The summed E-state index contributed by atoms with van der Waals surface area (Å²) in [5.41, 5.74) is 3.94. The first kappa shape index (κ1) is 18.0. The number of nitrogens with zero attached hydrogens (tertiary/aromatic N) is 1. The van der Waals surface area contributed by atoms with Gasteiger partial charge < -0.3 is 9.88 Å². The predicted octanol–water partition coefficient (Wildman–Crippen LogP) is 5.15. The fourth-order valence-corrected chi connectivity index (χ4v) is 3.84. The maximum absolute atomic E-state index is 13.0. The highest BCUT2D eigenvalue weighted by atomic mass is 35.5. The van der Waals surface area contributed by atoms with Crippen LogP contribution in [0.25, 0.3) is 10.9 Å². The number of hydrogen-bond acceptors (Lipinski definition) is 1. The Bertz CT molecular complexity index is 804. The van der Waals surface area contributed by atoms with Crippen molar-refractivity contribution in [1.82, 2.24) is 9.88 Å². The summed E-state index contributed by atoms with van der Waals surface area (Å²) < 4.78 is 13.0. The van der Waals surface area contributed by atoms with Crippen LogP contribution in [0.3, 0.4) is 0 Å². The summed E-state index contributed by atoms with van der Waals surface area (Å²) in [5.74, 6) is 0.501. The van der Waals surface area contributed by atoms with Gasteiger partial charge in [-0.1, -0.05) is 30.3 Å². The van der Waals surface area contributed by atoms with Gasteiger partial charge in [-0.25, -0.2) is 4.39 Å². The molecule has 0 amide bonds. The third kappa shape index (κ3) is 4.05. The van der Waals surface area contributed by atoms with Crippen molar-refractivity contribution in [2.24, 2.45) is 0 Å². The van der Waals surface area contributed by atoms with Crippen molar-refractivity contribution in [2.75, 3.05) is 19.6 Å². The number of aromatic amines is 1. The van der Waals surface area contributed by atoms with Crippen LogP contribution in [0.5, 0.6) is 0 Å². The van der Waals surface area contributed by atoms with Crippen molar-refractivity contribution in [1.29, 1.82) is 0 Å². The lowest BCUT2D eigenvalue weighted by Crippen LogP contribution is -2.34. The van der Waals surface area contributed by atoms with Crippen LogP contribution in [0.4, 0.5) is 4.39 Å². The third-order valence-electron chi connectivity index (χ3n) is 5.28. The number of H-pyrrole nitrogens is 1. The van der Waals surface area contributed by atoms with Crippen molar-refractivity contribution in [2.45, 2.75) is 25.2 Å². The van der Waals surface area contributed by atoms with Gasteiger partial charge in [0, 0.05) is 23.6 Å². The van der Waals surface area contributed by atoms with E-state index in [1.165, 1.54) is 34.9 Å². The van der Waals surface area contributed by atoms with E-state index < -0.39 is 0 Å². The van der Waals surface area contributed by atoms with E-state index in [0.29, 0.717) is 5.92 Å². The highest BCUT2D eigenvalue weighted by Crippen LogP contribution is 2.33. The fraction of sp³-hybridized carbons (Fsp3) is 0.333. The van der Waals surface area contributed by atoms with Gasteiger partial charge in [-0.15, -0.1) is 12.4 Å². The first-order valence-corrected chi connectivity index (χ1v) is 8.82. The number of para-hydroxylation sites is 1. The summed E-state index contributed by atoms with van der Waals surface area (Å²) in [7, 11) is 0. The molecule has 1 N–H and O–H groups in total. The Labute approximate surface area is 154 Å². The smallest absolute Gasteiger partial charge is 0.123 e. The van der Waals surface area contributed by atoms with Gasteiger partial charge in [0.15, 0.2) is 0 Å². The maximum atomic E-state index is 13.0. The molecule has 4 rings (SSSR count). The normalized spacial score (nSPS) is 16.0. The molecule has 4 heteroatoms. The molecular formula is C21H24ClFN2. The summed E-state index contributed by atoms with van der Waals surface area (Å²) in [4.78, 5) is 5.94. The Morgan fingerprint density at radius 1 is 1.00 bits per heavy atom. The maximum Gasteiger partial charge on any atom is 0.123 e. The van der Waals surface area contributed by atoms with Crippen molar-refractivity contribution >= 4 is 23.3 Å². The largest absolute Gasteiger partial charge is 0.361 e. The number of halogens is 2. The Morgan fingerprint density at radius 2 is 1.72 bits per heavy atom. The fourth-order valence-electron chi connectivity index (χ4n) is 3.84. The van der Waals surface area contributed by atoms with E-state index >= 15 is 0 Å². The van der Waals surface area contributed by atoms with Crippen molar-refractivity contribution in [3.8, 4) is 0 Å². The first-order valence-electron chi connectivity index (χ1n) is 8.82. The molecule has 1 aromatic heterocycles. The lowest BCUT2D eigenvalue weighted by molar-refractivity contribution is 0.215. The molecule has 25 heavy (non-hydrogen) atoms. The van der Waals surface area contributed by atoms with Crippen molar-refractivity contribution in [3.63, 3.8) is 0 Å². The zero-order chi connectivity index (χ0) is 16.4. The Kier molecular flexibility index (Phi) is 5.77. The topological polar surface area (TPSA) is 19.0 Å². The molecule has 132 valence electrons. The first-order chi connectivity index (χ1) is 11.8. The van der Waals surface area contributed by atoms with Crippen molar-refractivity contribution < 1.29 is 4.39 Å². The quantitative estimate of drug-likeness (QED) is 0.683. The molecule has 1 fully saturated rings. The van der Waals surface area contributed by atoms with E-state index in [1.807, 2.05) is 12.1 Å². The molecular weight excluding hydrogens is 335 g/mol. The molecule has 0 bridgehead atoms. The predicted molar refractivity (Wildman–Crippen MR) is 104 cm³/mol. The van der Waals surface area contributed by atoms with E-state index in [9.17, 15) is 4.39 Å². The second-order valence-corrected chi connectivity index (χ2v) is 6.78. The average molecular weight is 359 g/mol. The average Bonchev–Trinajstić information content (AvgIpc) is 3.06. The van der Waals surface area contributed by atoms with Crippen LogP contribution in [0, 0.1) is 5.82 Å². The minimum absolute atomic E-state index is 0. The van der Waals surface area contributed by atoms with Crippen LogP contribution in [0.2, 0.25) is 0 Å². The second kappa shape index (κ2) is 8.03. The SMILES string of the molecule is Cl.Fc1ccc(CCN2CCC(c3c[nH]c4ccccc34)CC2)cc1. The summed E-state index contributed by atoms with van der Waals surface area (Å²) in [6, 6.07) is 15.5. The molecule has 0 aliphatic carbocycles. The molecule has 3 aromatic rings. The zero-order valence-corrected chi connectivity index (χ0v) is 15.1. The summed E-state index contributed by atoms with van der Waals surface area (Å²) in [5, 5.41) is 1.38. The molecule has 1 aliphatic rings. The molecule has 1 aliphatic heterocycles. The van der Waals surface area contributed by atoms with Crippen LogP contribution in [0.1, 0.15) is 29.9 Å². The number of hydrogen-bond donors (Lipinski definition) is 1. The lowest BCUT2D eigenvalue weighted by Gasteiger charge is -2.32. The molecule has 2 heterocycles. The second-order valence-electron chi connectivity index (χ2n) is 6.78. The number of fused-ring (bicyclic) bond motifs is 1. The molecule has 2 aromatic carbocycles. The van der Waals surface area contributed by atoms with E-state index in [2.05, 4.69) is 40.3 Å². The Morgan fingerprint density at radius 3 is 2.48 bits per heavy atom. The summed E-state index contributed by atoms with van der Waals surface area (Å²) >= 11 is 0. The molecule has 0 unspecified atom stereocenters. The standard InChI is InChI=1S/C21H23FN2.ClH/c22-18-7-5-16(6-8-18)9-12-24-13-10-17(11-14-24)20-15-23-21-4-2-1-3-19(20)21;/h1-8,15,17,23H,9-14H2;1H. The summed E-state index contributed by atoms with van der Waals surface area (Å²) in [6.45, 7) is 3.35. The number of rotatable bonds is 4. The third-order valence-corrected chi connectivity index (χ3v) is 5.28. The van der Waals surface area contributed by atoms with Crippen molar-refractivity contribution in [3.05, 3.63) is 71.7 Å². The van der Waals surface area contributed by atoms with Gasteiger partial charge in [0.1, 0.15) is 5.82 Å². The van der Waals surface area contributed by atoms with Gasteiger partial charge in [0.05, 0.1) is 0 Å². The highest BCUT2D eigenvalue weighted by molar-refractivity contribution is 5.85. The monoisotopic (exact) mass is 358 g/mol. The van der Waals surface area contributed by atoms with Gasteiger partial charge in [-0.05, 0) is 67.6 Å². The van der Waals surface area contributed by atoms with Crippen LogP contribution in [0.15, 0.2) is 54.7 Å². The molecule has 0 spiro atoms. The van der Waals surface area contributed by atoms with E-state index in [4.69, 9.17) is 0 Å². The number of benzene rings is 2. The Balaban J connectivity index is 0.00000182. The van der Waals surface area contributed by atoms with E-state index in [1.54, 1.807) is 12.1 Å². The number of nitrogens with one attached hydrogen (secondary N) is 1. The zero-order valence-electron chi connectivity index (χ0n) is 14.2. The molecule has 1 saturated heterocycles. The van der Waals surface area contributed by atoms with Gasteiger partial charge in [-0.2, -0.15) is 0 Å². The number of piperidine rings is 1. The Hall–Kier alpha value is -1.84.